The Hall–Kier alpha value is -1.55. The molecule has 1 heterocycles. The van der Waals surface area contributed by atoms with Crippen LogP contribution in [0.1, 0.15) is 25.8 Å². The molecule has 2 rings (SSSR count). The van der Waals surface area contributed by atoms with Gasteiger partial charge in [-0.3, -0.25) is 9.69 Å². The zero-order chi connectivity index (χ0) is 14.5. The number of aliphatic carboxylic acids is 1. The molecule has 0 atom stereocenters. The Morgan fingerprint density at radius 2 is 1.85 bits per heavy atom. The van der Waals surface area contributed by atoms with Crippen LogP contribution < -0.4 is 4.90 Å². The van der Waals surface area contributed by atoms with Gasteiger partial charge in [0.25, 0.3) is 0 Å². The average Bonchev–Trinajstić information content (AvgIpc) is 2.45. The summed E-state index contributed by atoms with van der Waals surface area (Å²) in [6.07, 6.45) is 0.804. The highest BCUT2D eigenvalue weighted by molar-refractivity contribution is 5.68. The largest absolute Gasteiger partial charge is 0.481 e. The van der Waals surface area contributed by atoms with Gasteiger partial charge in [0, 0.05) is 44.3 Å². The molecule has 1 N–H and O–H groups in total. The van der Waals surface area contributed by atoms with Crippen molar-refractivity contribution in [3.63, 3.8) is 0 Å². The number of hydrogen-bond acceptors (Lipinski definition) is 3. The summed E-state index contributed by atoms with van der Waals surface area (Å²) in [4.78, 5) is 15.6. The lowest BCUT2D eigenvalue weighted by molar-refractivity contribution is -0.136. The summed E-state index contributed by atoms with van der Waals surface area (Å²) in [7, 11) is 0. The number of carboxylic acid groups (broad SMARTS) is 1. The van der Waals surface area contributed by atoms with Gasteiger partial charge in [0.15, 0.2) is 0 Å². The minimum Gasteiger partial charge on any atom is -0.481 e. The Labute approximate surface area is 121 Å². The van der Waals surface area contributed by atoms with Gasteiger partial charge < -0.3 is 10.0 Å². The van der Waals surface area contributed by atoms with Crippen LogP contribution in [-0.2, 0) is 11.2 Å². The number of nitrogens with zero attached hydrogens (tertiary/aromatic N) is 2. The summed E-state index contributed by atoms with van der Waals surface area (Å²) >= 11 is 0. The second-order valence-corrected chi connectivity index (χ2v) is 5.64. The zero-order valence-corrected chi connectivity index (χ0v) is 12.4. The van der Waals surface area contributed by atoms with Gasteiger partial charge in [-0.2, -0.15) is 0 Å². The van der Waals surface area contributed by atoms with Crippen molar-refractivity contribution in [1.82, 2.24) is 4.90 Å². The van der Waals surface area contributed by atoms with Crippen molar-refractivity contribution in [2.24, 2.45) is 0 Å². The van der Waals surface area contributed by atoms with Gasteiger partial charge >= 0.3 is 5.97 Å². The molecule has 4 heteroatoms. The molecule has 0 aliphatic carbocycles. The molecule has 1 aliphatic rings. The molecule has 1 fully saturated rings. The van der Waals surface area contributed by atoms with E-state index in [0.717, 1.165) is 31.7 Å². The molecular formula is C16H24N2O2. The van der Waals surface area contributed by atoms with Gasteiger partial charge in [-0.1, -0.05) is 18.2 Å². The highest BCUT2D eigenvalue weighted by atomic mass is 16.4. The van der Waals surface area contributed by atoms with Crippen LogP contribution in [-0.4, -0.2) is 48.2 Å². The van der Waals surface area contributed by atoms with E-state index in [0.29, 0.717) is 12.5 Å². The smallest absolute Gasteiger partial charge is 0.303 e. The lowest BCUT2D eigenvalue weighted by atomic mass is 10.1. The maximum Gasteiger partial charge on any atom is 0.303 e. The third-order valence-electron chi connectivity index (χ3n) is 3.99. The van der Waals surface area contributed by atoms with E-state index in [-0.39, 0.29) is 6.42 Å². The monoisotopic (exact) mass is 276 g/mol. The first-order valence-corrected chi connectivity index (χ1v) is 7.36. The molecule has 0 saturated carbocycles. The van der Waals surface area contributed by atoms with Gasteiger partial charge in [0.2, 0.25) is 0 Å². The molecule has 0 amide bonds. The van der Waals surface area contributed by atoms with Gasteiger partial charge in [-0.25, -0.2) is 0 Å². The molecule has 20 heavy (non-hydrogen) atoms. The quantitative estimate of drug-likeness (QED) is 0.895. The number of anilines is 1. The summed E-state index contributed by atoms with van der Waals surface area (Å²) in [6, 6.07) is 8.79. The molecule has 0 radical (unpaired) electrons. The molecular weight excluding hydrogens is 252 g/mol. The number of carboxylic acids is 1. The van der Waals surface area contributed by atoms with Crippen molar-refractivity contribution in [3.05, 3.63) is 29.8 Å². The molecule has 0 unspecified atom stereocenters. The summed E-state index contributed by atoms with van der Waals surface area (Å²) in [5.74, 6) is -0.732. The lowest BCUT2D eigenvalue weighted by Gasteiger charge is -2.38. The predicted octanol–water partition coefficient (Wildman–Crippen LogP) is 2.23. The first-order chi connectivity index (χ1) is 9.58. The van der Waals surface area contributed by atoms with Crippen LogP contribution in [0.15, 0.2) is 24.3 Å². The predicted molar refractivity (Wildman–Crippen MR) is 81.3 cm³/mol. The van der Waals surface area contributed by atoms with Crippen LogP contribution >= 0.6 is 0 Å². The number of rotatable bonds is 5. The number of aryl methyl sites for hydroxylation is 1. The number of piperazine rings is 1. The summed E-state index contributed by atoms with van der Waals surface area (Å²) in [6.45, 7) is 8.65. The van der Waals surface area contributed by atoms with Gasteiger partial charge in [0.1, 0.15) is 0 Å². The summed E-state index contributed by atoms with van der Waals surface area (Å²) < 4.78 is 0. The minimum absolute atomic E-state index is 0.197. The van der Waals surface area contributed by atoms with E-state index in [1.54, 1.807) is 0 Å². The number of carbonyl (C=O) groups is 1. The van der Waals surface area contributed by atoms with Gasteiger partial charge in [-0.15, -0.1) is 0 Å². The van der Waals surface area contributed by atoms with E-state index in [1.807, 2.05) is 18.2 Å². The van der Waals surface area contributed by atoms with E-state index in [1.165, 1.54) is 5.69 Å². The fourth-order valence-corrected chi connectivity index (χ4v) is 2.75. The normalized spacial score (nSPS) is 16.6. The van der Waals surface area contributed by atoms with E-state index >= 15 is 0 Å². The standard InChI is InChI=1S/C16H24N2O2/c1-13(2)17-9-11-18(12-10-17)15-6-4-3-5-14(15)7-8-16(19)20/h3-6,13H,7-12H2,1-2H3,(H,19,20). The van der Waals surface area contributed by atoms with Crippen molar-refractivity contribution >= 4 is 11.7 Å². The Morgan fingerprint density at radius 1 is 1.20 bits per heavy atom. The molecule has 0 spiro atoms. The van der Waals surface area contributed by atoms with Crippen LogP contribution in [0.25, 0.3) is 0 Å². The summed E-state index contributed by atoms with van der Waals surface area (Å²) in [5, 5.41) is 8.85. The van der Waals surface area contributed by atoms with E-state index in [2.05, 4.69) is 29.7 Å². The molecule has 1 saturated heterocycles. The molecule has 0 aromatic heterocycles. The van der Waals surface area contributed by atoms with E-state index in [4.69, 9.17) is 5.11 Å². The van der Waals surface area contributed by atoms with Gasteiger partial charge in [-0.05, 0) is 31.9 Å². The number of hydrogen-bond donors (Lipinski definition) is 1. The van der Waals surface area contributed by atoms with Gasteiger partial charge in [0.05, 0.1) is 0 Å². The van der Waals surface area contributed by atoms with Crippen LogP contribution in [0.4, 0.5) is 5.69 Å². The van der Waals surface area contributed by atoms with Crippen molar-refractivity contribution in [3.8, 4) is 0 Å². The van der Waals surface area contributed by atoms with E-state index < -0.39 is 5.97 Å². The molecule has 110 valence electrons. The Bertz CT molecular complexity index is 452. The third-order valence-corrected chi connectivity index (χ3v) is 3.99. The average molecular weight is 276 g/mol. The van der Waals surface area contributed by atoms with Crippen LogP contribution in [0.2, 0.25) is 0 Å². The fourth-order valence-electron chi connectivity index (χ4n) is 2.75. The Balaban J connectivity index is 2.04. The SMILES string of the molecule is CC(C)N1CCN(c2ccccc2CCC(=O)O)CC1. The van der Waals surface area contributed by atoms with Crippen LogP contribution in [0, 0.1) is 0 Å². The molecule has 1 aromatic rings. The zero-order valence-electron chi connectivity index (χ0n) is 12.4. The first kappa shape index (κ1) is 14.9. The highest BCUT2D eigenvalue weighted by Crippen LogP contribution is 2.23. The fraction of sp³-hybridized carbons (Fsp3) is 0.562. The molecule has 1 aromatic carbocycles. The highest BCUT2D eigenvalue weighted by Gasteiger charge is 2.20. The van der Waals surface area contributed by atoms with Crippen molar-refractivity contribution in [2.45, 2.75) is 32.7 Å². The van der Waals surface area contributed by atoms with Crippen LogP contribution in [0.3, 0.4) is 0 Å². The third kappa shape index (κ3) is 3.73. The number of para-hydroxylation sites is 1. The summed E-state index contributed by atoms with van der Waals surface area (Å²) in [5.41, 5.74) is 2.35. The Kier molecular flexibility index (Phi) is 5.01. The topological polar surface area (TPSA) is 43.8 Å². The molecule has 0 bridgehead atoms. The van der Waals surface area contributed by atoms with Crippen LogP contribution in [0.5, 0.6) is 0 Å². The molecule has 1 aliphatic heterocycles. The van der Waals surface area contributed by atoms with Crippen molar-refractivity contribution in [1.29, 1.82) is 0 Å². The second-order valence-electron chi connectivity index (χ2n) is 5.64. The maximum atomic E-state index is 10.8. The Morgan fingerprint density at radius 3 is 2.45 bits per heavy atom. The second kappa shape index (κ2) is 6.75. The van der Waals surface area contributed by atoms with Crippen molar-refractivity contribution in [2.75, 3.05) is 31.1 Å². The molecule has 4 nitrogen and oxygen atoms in total. The van der Waals surface area contributed by atoms with E-state index in [9.17, 15) is 4.79 Å². The minimum atomic E-state index is -0.732. The lowest BCUT2D eigenvalue weighted by Crippen LogP contribution is -2.49. The van der Waals surface area contributed by atoms with Crippen molar-refractivity contribution < 1.29 is 9.90 Å². The maximum absolute atomic E-state index is 10.8. The first-order valence-electron chi connectivity index (χ1n) is 7.36. The number of benzene rings is 1.